The van der Waals surface area contributed by atoms with Crippen LogP contribution in [0.1, 0.15) is 67.1 Å². The van der Waals surface area contributed by atoms with Gasteiger partial charge in [-0.1, -0.05) is 44.5 Å². The summed E-state index contributed by atoms with van der Waals surface area (Å²) in [7, 11) is 0. The van der Waals surface area contributed by atoms with Gasteiger partial charge in [0.15, 0.2) is 0 Å². The van der Waals surface area contributed by atoms with Gasteiger partial charge in [-0.3, -0.25) is 4.90 Å². The van der Waals surface area contributed by atoms with Crippen LogP contribution in [-0.2, 0) is 4.74 Å². The molecule has 1 unspecified atom stereocenters. The largest absolute Gasteiger partial charge is 0.444 e. The first-order valence-electron chi connectivity index (χ1n) is 12.8. The molecule has 1 aliphatic rings. The van der Waals surface area contributed by atoms with Crippen LogP contribution in [0.4, 0.5) is 15.0 Å². The fourth-order valence-electron chi connectivity index (χ4n) is 4.36. The van der Waals surface area contributed by atoms with Gasteiger partial charge in [-0.05, 0) is 58.2 Å². The topological polar surface area (TPSA) is 83.7 Å². The number of nitrogens with zero attached hydrogens (tertiary/aromatic N) is 3. The molecular formula is C28H41ClFN5O2. The Balaban J connectivity index is 1.94. The fourth-order valence-corrected chi connectivity index (χ4v) is 4.62. The number of pyridine rings is 1. The smallest absolute Gasteiger partial charge is 0.410 e. The number of amides is 1. The molecule has 3 N–H and O–H groups in total. The summed E-state index contributed by atoms with van der Waals surface area (Å²) in [5.74, 6) is 0.177. The highest BCUT2D eigenvalue weighted by Gasteiger charge is 2.37. The Hall–Kier alpha value is -2.42. The number of piperazine rings is 1. The van der Waals surface area contributed by atoms with Gasteiger partial charge >= 0.3 is 6.09 Å². The first-order chi connectivity index (χ1) is 17.1. The number of carbonyl (C=O) groups is 1. The molecule has 1 saturated heterocycles. The molecule has 0 aliphatic carbocycles. The second-order valence-electron chi connectivity index (χ2n) is 12.1. The summed E-state index contributed by atoms with van der Waals surface area (Å²) in [5.41, 5.74) is 7.68. The lowest BCUT2D eigenvalue weighted by molar-refractivity contribution is -0.0196. The standard InChI is InChI=1S/C28H41ClFN5O2/c1-17-15-35(26(36)37-28(6,7)8)18(2)14-34(17)24(31)20-13-21(29)23(19-11-9-10-12-22(19)30)33-25(20)32-16-27(3,4)5/h9-13,17-18,24H,14-16,31H2,1-8H3,(H,32,33)/t17-,18+,24?/m0/s1. The number of nitrogens with two attached hydrogens (primary N) is 1. The third-order valence-electron chi connectivity index (χ3n) is 6.26. The first-order valence-corrected chi connectivity index (χ1v) is 13.2. The highest BCUT2D eigenvalue weighted by Crippen LogP contribution is 2.36. The molecule has 9 heteroatoms. The van der Waals surface area contributed by atoms with E-state index in [1.54, 1.807) is 29.2 Å². The van der Waals surface area contributed by atoms with Crippen molar-refractivity contribution >= 4 is 23.5 Å². The zero-order valence-electron chi connectivity index (χ0n) is 23.2. The molecule has 3 rings (SSSR count). The van der Waals surface area contributed by atoms with Crippen molar-refractivity contribution in [2.75, 3.05) is 25.0 Å². The van der Waals surface area contributed by atoms with E-state index in [2.05, 4.69) is 31.0 Å². The molecule has 204 valence electrons. The van der Waals surface area contributed by atoms with Gasteiger partial charge in [0, 0.05) is 42.8 Å². The number of nitrogens with one attached hydrogen (secondary N) is 1. The number of ether oxygens (including phenoxy) is 1. The second kappa shape index (κ2) is 11.1. The number of rotatable bonds is 5. The van der Waals surface area contributed by atoms with Gasteiger partial charge in [-0.15, -0.1) is 0 Å². The summed E-state index contributed by atoms with van der Waals surface area (Å²) < 4.78 is 20.2. The molecule has 3 atom stereocenters. The Morgan fingerprint density at radius 3 is 2.43 bits per heavy atom. The molecule has 1 aromatic carbocycles. The Labute approximate surface area is 225 Å². The number of hydrogen-bond donors (Lipinski definition) is 2. The van der Waals surface area contributed by atoms with Crippen LogP contribution in [0, 0.1) is 11.2 Å². The predicted molar refractivity (Wildman–Crippen MR) is 148 cm³/mol. The lowest BCUT2D eigenvalue weighted by Gasteiger charge is -2.46. The van der Waals surface area contributed by atoms with Crippen LogP contribution in [-0.4, -0.2) is 58.2 Å². The normalized spacial score (nSPS) is 20.0. The van der Waals surface area contributed by atoms with Crippen molar-refractivity contribution in [3.8, 4) is 11.3 Å². The van der Waals surface area contributed by atoms with Crippen molar-refractivity contribution in [1.29, 1.82) is 0 Å². The van der Waals surface area contributed by atoms with E-state index in [9.17, 15) is 9.18 Å². The summed E-state index contributed by atoms with van der Waals surface area (Å²) in [4.78, 5) is 21.5. The van der Waals surface area contributed by atoms with E-state index >= 15 is 0 Å². The van der Waals surface area contributed by atoms with E-state index in [0.29, 0.717) is 41.7 Å². The van der Waals surface area contributed by atoms with Crippen LogP contribution in [0.5, 0.6) is 0 Å². The Morgan fingerprint density at radius 2 is 1.84 bits per heavy atom. The van der Waals surface area contributed by atoms with E-state index in [1.807, 2.05) is 34.6 Å². The average molecular weight is 534 g/mol. The minimum absolute atomic E-state index is 0.0261. The molecule has 1 amide bonds. The minimum atomic E-state index is -0.566. The Morgan fingerprint density at radius 1 is 1.19 bits per heavy atom. The summed E-state index contributed by atoms with van der Waals surface area (Å²) in [5, 5.41) is 3.75. The van der Waals surface area contributed by atoms with Crippen LogP contribution in [0.2, 0.25) is 5.02 Å². The lowest BCUT2D eigenvalue weighted by atomic mass is 9.96. The quantitative estimate of drug-likeness (QED) is 0.470. The van der Waals surface area contributed by atoms with E-state index in [-0.39, 0.29) is 23.6 Å². The van der Waals surface area contributed by atoms with Gasteiger partial charge in [0.2, 0.25) is 0 Å². The van der Waals surface area contributed by atoms with Crippen LogP contribution >= 0.6 is 11.6 Å². The van der Waals surface area contributed by atoms with Crippen molar-refractivity contribution in [3.05, 3.63) is 46.7 Å². The number of anilines is 1. The monoisotopic (exact) mass is 533 g/mol. The molecule has 1 fully saturated rings. The number of hydrogen-bond acceptors (Lipinski definition) is 6. The van der Waals surface area contributed by atoms with Gasteiger partial charge in [0.25, 0.3) is 0 Å². The van der Waals surface area contributed by atoms with Gasteiger partial charge in [-0.2, -0.15) is 0 Å². The summed E-state index contributed by atoms with van der Waals surface area (Å²) in [6.07, 6.45) is -0.869. The number of aromatic nitrogens is 1. The van der Waals surface area contributed by atoms with Crippen molar-refractivity contribution in [1.82, 2.24) is 14.8 Å². The molecular weight excluding hydrogens is 493 g/mol. The third-order valence-corrected chi connectivity index (χ3v) is 6.55. The number of benzene rings is 1. The summed E-state index contributed by atoms with van der Waals surface area (Å²) in [6, 6.07) is 8.08. The second-order valence-corrected chi connectivity index (χ2v) is 12.5. The molecule has 7 nitrogen and oxygen atoms in total. The fraction of sp³-hybridized carbons (Fsp3) is 0.571. The molecule has 2 aromatic rings. The van der Waals surface area contributed by atoms with Crippen LogP contribution < -0.4 is 11.1 Å². The maximum atomic E-state index is 14.6. The molecule has 37 heavy (non-hydrogen) atoms. The van der Waals surface area contributed by atoms with E-state index < -0.39 is 17.6 Å². The van der Waals surface area contributed by atoms with Crippen LogP contribution in [0.15, 0.2) is 30.3 Å². The number of carbonyl (C=O) groups excluding carboxylic acids is 1. The third kappa shape index (κ3) is 7.33. The highest BCUT2D eigenvalue weighted by atomic mass is 35.5. The molecule has 1 aliphatic heterocycles. The van der Waals surface area contributed by atoms with E-state index in [1.165, 1.54) is 6.07 Å². The summed E-state index contributed by atoms with van der Waals surface area (Å²) in [6.45, 7) is 17.6. The summed E-state index contributed by atoms with van der Waals surface area (Å²) >= 11 is 6.67. The first kappa shape index (κ1) is 29.1. The van der Waals surface area contributed by atoms with E-state index in [4.69, 9.17) is 27.1 Å². The number of halogens is 2. The van der Waals surface area contributed by atoms with Crippen molar-refractivity contribution < 1.29 is 13.9 Å². The van der Waals surface area contributed by atoms with Crippen molar-refractivity contribution in [3.63, 3.8) is 0 Å². The van der Waals surface area contributed by atoms with Gasteiger partial charge in [0.1, 0.15) is 17.2 Å². The van der Waals surface area contributed by atoms with Crippen LogP contribution in [0.3, 0.4) is 0 Å². The SMILES string of the molecule is C[C@@H]1CN(C(N)c2cc(Cl)c(-c3ccccc3F)nc2NCC(C)(C)C)[C@@H](C)CN1C(=O)OC(C)(C)C. The van der Waals surface area contributed by atoms with Crippen molar-refractivity contribution in [2.24, 2.45) is 11.1 Å². The predicted octanol–water partition coefficient (Wildman–Crippen LogP) is 6.29. The molecule has 2 heterocycles. The van der Waals surface area contributed by atoms with Gasteiger partial charge < -0.3 is 20.7 Å². The zero-order chi connectivity index (χ0) is 27.7. The molecule has 0 spiro atoms. The lowest BCUT2D eigenvalue weighted by Crippen LogP contribution is -2.60. The van der Waals surface area contributed by atoms with E-state index in [0.717, 1.165) is 5.56 Å². The van der Waals surface area contributed by atoms with Crippen LogP contribution in [0.25, 0.3) is 11.3 Å². The van der Waals surface area contributed by atoms with Gasteiger partial charge in [-0.25, -0.2) is 14.2 Å². The molecule has 0 radical (unpaired) electrons. The zero-order valence-corrected chi connectivity index (χ0v) is 24.0. The van der Waals surface area contributed by atoms with Crippen molar-refractivity contribution in [2.45, 2.75) is 79.2 Å². The minimum Gasteiger partial charge on any atom is -0.444 e. The molecule has 0 saturated carbocycles. The molecule has 0 bridgehead atoms. The van der Waals surface area contributed by atoms with Gasteiger partial charge in [0.05, 0.1) is 16.9 Å². The Kier molecular flexibility index (Phi) is 8.77. The maximum Gasteiger partial charge on any atom is 0.410 e. The Bertz CT molecular complexity index is 1110. The maximum absolute atomic E-state index is 14.6. The average Bonchev–Trinajstić information content (AvgIpc) is 2.77. The highest BCUT2D eigenvalue weighted by molar-refractivity contribution is 6.33. The molecule has 1 aromatic heterocycles.